The summed E-state index contributed by atoms with van der Waals surface area (Å²) >= 11 is 3.26. The summed E-state index contributed by atoms with van der Waals surface area (Å²) in [4.78, 5) is 4.25. The third-order valence-electron chi connectivity index (χ3n) is 3.13. The van der Waals surface area contributed by atoms with Crippen molar-refractivity contribution >= 4 is 26.0 Å². The van der Waals surface area contributed by atoms with E-state index in [1.165, 1.54) is 20.3 Å². The molecule has 1 aromatic heterocycles. The Labute approximate surface area is 144 Å². The summed E-state index contributed by atoms with van der Waals surface area (Å²) in [6, 6.07) is 8.51. The first-order valence-electron chi connectivity index (χ1n) is 6.79. The van der Waals surface area contributed by atoms with Gasteiger partial charge in [0, 0.05) is 35.4 Å². The Morgan fingerprint density at radius 2 is 1.87 bits per heavy atom. The third kappa shape index (κ3) is 4.43. The molecule has 0 saturated heterocycles. The van der Waals surface area contributed by atoms with E-state index in [0.717, 1.165) is 5.69 Å². The molecular weight excluding hydrogens is 384 g/mol. The minimum absolute atomic E-state index is 0.0937. The van der Waals surface area contributed by atoms with Crippen molar-refractivity contribution in [2.45, 2.75) is 11.3 Å². The molecule has 8 heteroatoms. The van der Waals surface area contributed by atoms with Gasteiger partial charge in [0.25, 0.3) is 0 Å². The number of hydrogen-bond acceptors (Lipinski definition) is 5. The van der Waals surface area contributed by atoms with Crippen LogP contribution in [0, 0.1) is 0 Å². The van der Waals surface area contributed by atoms with Gasteiger partial charge in [0.15, 0.2) is 11.5 Å². The van der Waals surface area contributed by atoms with Crippen LogP contribution >= 0.6 is 15.9 Å². The molecule has 0 amide bonds. The minimum atomic E-state index is -3.68. The summed E-state index contributed by atoms with van der Waals surface area (Å²) in [5.41, 5.74) is 0.821. The van der Waals surface area contributed by atoms with E-state index in [1.54, 1.807) is 12.3 Å². The van der Waals surface area contributed by atoms with E-state index < -0.39 is 10.0 Å². The highest BCUT2D eigenvalue weighted by Gasteiger charge is 2.20. The van der Waals surface area contributed by atoms with E-state index in [4.69, 9.17) is 9.47 Å². The van der Waals surface area contributed by atoms with Crippen LogP contribution in [0.5, 0.6) is 11.5 Å². The average Bonchev–Trinajstić information content (AvgIpc) is 2.55. The molecule has 1 N–H and O–H groups in total. The van der Waals surface area contributed by atoms with Crippen LogP contribution in [0.25, 0.3) is 0 Å². The maximum atomic E-state index is 12.5. The monoisotopic (exact) mass is 400 g/mol. The zero-order valence-electron chi connectivity index (χ0n) is 12.7. The van der Waals surface area contributed by atoms with Crippen molar-refractivity contribution in [2.75, 3.05) is 20.8 Å². The van der Waals surface area contributed by atoms with E-state index >= 15 is 0 Å². The Balaban J connectivity index is 2.16. The number of rotatable bonds is 7. The number of nitrogens with one attached hydrogen (secondary N) is 1. The van der Waals surface area contributed by atoms with Gasteiger partial charge >= 0.3 is 0 Å². The van der Waals surface area contributed by atoms with E-state index in [9.17, 15) is 8.42 Å². The van der Waals surface area contributed by atoms with Gasteiger partial charge in [-0.05, 0) is 34.1 Å². The largest absolute Gasteiger partial charge is 0.493 e. The molecular formula is C15H17BrN2O4S. The Morgan fingerprint density at radius 3 is 2.48 bits per heavy atom. The molecule has 0 atom stereocenters. The van der Waals surface area contributed by atoms with Crippen molar-refractivity contribution in [2.24, 2.45) is 0 Å². The summed E-state index contributed by atoms with van der Waals surface area (Å²) < 4.78 is 38.2. The average molecular weight is 401 g/mol. The lowest BCUT2D eigenvalue weighted by atomic mass is 10.3. The lowest BCUT2D eigenvalue weighted by Gasteiger charge is -2.13. The Bertz CT molecular complexity index is 767. The molecule has 124 valence electrons. The van der Waals surface area contributed by atoms with E-state index in [-0.39, 0.29) is 11.4 Å². The zero-order valence-corrected chi connectivity index (χ0v) is 15.1. The second-order valence-corrected chi connectivity index (χ2v) is 7.20. The molecule has 0 fully saturated rings. The minimum Gasteiger partial charge on any atom is -0.493 e. The molecule has 0 spiro atoms. The number of nitrogens with zero attached hydrogens (tertiary/aromatic N) is 1. The summed E-state index contributed by atoms with van der Waals surface area (Å²) in [5.74, 6) is 0.799. The molecule has 0 saturated carbocycles. The lowest BCUT2D eigenvalue weighted by molar-refractivity contribution is 0.353. The maximum absolute atomic E-state index is 12.5. The highest BCUT2D eigenvalue weighted by atomic mass is 79.9. The van der Waals surface area contributed by atoms with Crippen LogP contribution in [-0.2, 0) is 16.4 Å². The van der Waals surface area contributed by atoms with Gasteiger partial charge in [0.05, 0.1) is 14.2 Å². The van der Waals surface area contributed by atoms with E-state index in [2.05, 4.69) is 25.6 Å². The van der Waals surface area contributed by atoms with Gasteiger partial charge in [-0.1, -0.05) is 6.07 Å². The standard InChI is InChI=1S/C15H17BrN2O4S/c1-21-13-9-12(16)15(10-14(13)22-2)23(19,20)18-8-6-11-5-3-4-7-17-11/h3-5,7,9-10,18H,6,8H2,1-2H3. The van der Waals surface area contributed by atoms with Gasteiger partial charge in [0.1, 0.15) is 4.90 Å². The molecule has 6 nitrogen and oxygen atoms in total. The van der Waals surface area contributed by atoms with Gasteiger partial charge in [-0.3, -0.25) is 4.98 Å². The highest BCUT2D eigenvalue weighted by molar-refractivity contribution is 9.10. The van der Waals surface area contributed by atoms with Crippen LogP contribution < -0.4 is 14.2 Å². The first-order valence-corrected chi connectivity index (χ1v) is 9.06. The SMILES string of the molecule is COc1cc(Br)c(S(=O)(=O)NCCc2ccccn2)cc1OC. The predicted molar refractivity (Wildman–Crippen MR) is 90.4 cm³/mol. The molecule has 0 radical (unpaired) electrons. The van der Waals surface area contributed by atoms with Crippen molar-refractivity contribution in [1.82, 2.24) is 9.71 Å². The van der Waals surface area contributed by atoms with Gasteiger partial charge in [-0.2, -0.15) is 0 Å². The molecule has 0 aliphatic carbocycles. The summed E-state index contributed by atoms with van der Waals surface area (Å²) in [7, 11) is -0.734. The molecule has 2 aromatic rings. The number of halogens is 1. The Kier molecular flexibility index (Phi) is 5.97. The second kappa shape index (κ2) is 7.76. The fraction of sp³-hybridized carbons (Fsp3) is 0.267. The fourth-order valence-corrected chi connectivity index (χ4v) is 4.04. The first kappa shape index (κ1) is 17.7. The number of sulfonamides is 1. The second-order valence-electron chi connectivity index (χ2n) is 4.61. The van der Waals surface area contributed by atoms with Gasteiger partial charge in [-0.25, -0.2) is 13.1 Å². The van der Waals surface area contributed by atoms with Crippen molar-refractivity contribution in [3.8, 4) is 11.5 Å². The van der Waals surface area contributed by atoms with Crippen molar-refractivity contribution in [3.05, 3.63) is 46.7 Å². The zero-order chi connectivity index (χ0) is 16.9. The van der Waals surface area contributed by atoms with E-state index in [1.807, 2.05) is 18.2 Å². The molecule has 1 heterocycles. The van der Waals surface area contributed by atoms with Crippen LogP contribution in [0.4, 0.5) is 0 Å². The highest BCUT2D eigenvalue weighted by Crippen LogP contribution is 2.35. The van der Waals surface area contributed by atoms with Gasteiger partial charge in [-0.15, -0.1) is 0 Å². The third-order valence-corrected chi connectivity index (χ3v) is 5.55. The first-order chi connectivity index (χ1) is 11.0. The lowest BCUT2D eigenvalue weighted by Crippen LogP contribution is -2.26. The van der Waals surface area contributed by atoms with Crippen LogP contribution in [0.3, 0.4) is 0 Å². The molecule has 0 bridgehead atoms. The number of methoxy groups -OCH3 is 2. The molecule has 0 unspecified atom stereocenters. The smallest absolute Gasteiger partial charge is 0.241 e. The quantitative estimate of drug-likeness (QED) is 0.771. The molecule has 1 aromatic carbocycles. The maximum Gasteiger partial charge on any atom is 0.241 e. The Morgan fingerprint density at radius 1 is 1.17 bits per heavy atom. The molecule has 0 aliphatic heterocycles. The van der Waals surface area contributed by atoms with Crippen LogP contribution in [-0.4, -0.2) is 34.2 Å². The summed E-state index contributed by atoms with van der Waals surface area (Å²) in [5, 5.41) is 0. The number of ether oxygens (including phenoxy) is 2. The summed E-state index contributed by atoms with van der Waals surface area (Å²) in [6.45, 7) is 0.250. The number of benzene rings is 1. The number of pyridine rings is 1. The normalized spacial score (nSPS) is 11.3. The van der Waals surface area contributed by atoms with Crippen LogP contribution in [0.1, 0.15) is 5.69 Å². The number of aromatic nitrogens is 1. The molecule has 2 rings (SSSR count). The Hall–Kier alpha value is -1.64. The summed E-state index contributed by atoms with van der Waals surface area (Å²) in [6.07, 6.45) is 2.18. The topological polar surface area (TPSA) is 77.5 Å². The van der Waals surface area contributed by atoms with Crippen LogP contribution in [0.2, 0.25) is 0 Å². The van der Waals surface area contributed by atoms with Crippen LogP contribution in [0.15, 0.2) is 45.9 Å². The predicted octanol–water partition coefficient (Wildman–Crippen LogP) is 2.38. The molecule has 0 aliphatic rings. The van der Waals surface area contributed by atoms with E-state index in [0.29, 0.717) is 22.4 Å². The van der Waals surface area contributed by atoms with Gasteiger partial charge < -0.3 is 9.47 Å². The van der Waals surface area contributed by atoms with Crippen molar-refractivity contribution in [3.63, 3.8) is 0 Å². The van der Waals surface area contributed by atoms with Crippen molar-refractivity contribution < 1.29 is 17.9 Å². The van der Waals surface area contributed by atoms with Gasteiger partial charge in [0.2, 0.25) is 10.0 Å². The fourth-order valence-electron chi connectivity index (χ4n) is 1.98. The molecule has 23 heavy (non-hydrogen) atoms. The number of hydrogen-bond donors (Lipinski definition) is 1. The van der Waals surface area contributed by atoms with Crippen molar-refractivity contribution in [1.29, 1.82) is 0 Å².